The first kappa shape index (κ1) is 13.4. The summed E-state index contributed by atoms with van der Waals surface area (Å²) in [5, 5.41) is 0. The van der Waals surface area contributed by atoms with Crippen LogP contribution >= 0.6 is 0 Å². The first-order valence-corrected chi connectivity index (χ1v) is 5.74. The molecule has 0 saturated carbocycles. The minimum absolute atomic E-state index is 0.122. The van der Waals surface area contributed by atoms with E-state index in [0.717, 1.165) is 0 Å². The standard InChI is InChI=1S/C12H12F3N3O/c1-2-3-18-10(11(16)17-12(18)19)6-4-8(14)9(15)5-7(6)13/h4-5,10H,2-3H2,1H3,(H2,16,17,19). The third kappa shape index (κ3) is 2.27. The summed E-state index contributed by atoms with van der Waals surface area (Å²) in [6.07, 6.45) is 0.607. The topological polar surface area (TPSA) is 58.7 Å². The molecule has 19 heavy (non-hydrogen) atoms. The summed E-state index contributed by atoms with van der Waals surface area (Å²) in [7, 11) is 0. The van der Waals surface area contributed by atoms with Gasteiger partial charge in [0.25, 0.3) is 0 Å². The maximum atomic E-state index is 13.7. The van der Waals surface area contributed by atoms with Gasteiger partial charge in [0.05, 0.1) is 0 Å². The van der Waals surface area contributed by atoms with E-state index in [9.17, 15) is 18.0 Å². The molecule has 1 aromatic carbocycles. The molecule has 1 aliphatic rings. The first-order valence-electron chi connectivity index (χ1n) is 5.74. The molecule has 4 nitrogen and oxygen atoms in total. The zero-order valence-electron chi connectivity index (χ0n) is 10.2. The van der Waals surface area contributed by atoms with Gasteiger partial charge in [0.2, 0.25) is 0 Å². The SMILES string of the molecule is CCCN1C(=O)N=C(N)C1c1cc(F)c(F)cc1F. The molecule has 7 heteroatoms. The number of benzene rings is 1. The van der Waals surface area contributed by atoms with Crippen molar-refractivity contribution in [1.29, 1.82) is 0 Å². The van der Waals surface area contributed by atoms with E-state index < -0.39 is 29.5 Å². The summed E-state index contributed by atoms with van der Waals surface area (Å²) in [4.78, 5) is 16.4. The zero-order valence-corrected chi connectivity index (χ0v) is 10.2. The van der Waals surface area contributed by atoms with Gasteiger partial charge in [0, 0.05) is 18.2 Å². The van der Waals surface area contributed by atoms with E-state index in [4.69, 9.17) is 5.73 Å². The van der Waals surface area contributed by atoms with Crippen LogP contribution < -0.4 is 5.73 Å². The number of carbonyl (C=O) groups is 1. The van der Waals surface area contributed by atoms with Crippen LogP contribution in [0.25, 0.3) is 0 Å². The molecule has 1 aromatic rings. The van der Waals surface area contributed by atoms with Crippen LogP contribution in [-0.4, -0.2) is 23.3 Å². The second kappa shape index (κ2) is 4.91. The molecular formula is C12H12F3N3O. The van der Waals surface area contributed by atoms with Crippen LogP contribution in [0.5, 0.6) is 0 Å². The highest BCUT2D eigenvalue weighted by molar-refractivity contribution is 6.03. The van der Waals surface area contributed by atoms with Gasteiger partial charge >= 0.3 is 6.03 Å². The van der Waals surface area contributed by atoms with Crippen molar-refractivity contribution < 1.29 is 18.0 Å². The molecule has 2 rings (SSSR count). The normalized spacial score (nSPS) is 18.9. The van der Waals surface area contributed by atoms with Crippen molar-refractivity contribution in [2.24, 2.45) is 10.7 Å². The molecule has 0 bridgehead atoms. The quantitative estimate of drug-likeness (QED) is 0.858. The number of hydrogen-bond donors (Lipinski definition) is 1. The lowest BCUT2D eigenvalue weighted by Gasteiger charge is -2.24. The molecule has 0 spiro atoms. The molecule has 2 N–H and O–H groups in total. The number of carbonyl (C=O) groups excluding carboxylic acids is 1. The second-order valence-electron chi connectivity index (χ2n) is 4.20. The van der Waals surface area contributed by atoms with Gasteiger partial charge in [-0.2, -0.15) is 4.99 Å². The van der Waals surface area contributed by atoms with Crippen LogP contribution in [0.15, 0.2) is 17.1 Å². The molecule has 2 amide bonds. The van der Waals surface area contributed by atoms with E-state index in [1.807, 2.05) is 6.92 Å². The third-order valence-corrected chi connectivity index (χ3v) is 2.86. The van der Waals surface area contributed by atoms with Crippen molar-refractivity contribution in [3.05, 3.63) is 35.1 Å². The van der Waals surface area contributed by atoms with Crippen molar-refractivity contribution in [3.63, 3.8) is 0 Å². The van der Waals surface area contributed by atoms with E-state index in [1.54, 1.807) is 0 Å². The summed E-state index contributed by atoms with van der Waals surface area (Å²) < 4.78 is 39.9. The molecular weight excluding hydrogens is 259 g/mol. The van der Waals surface area contributed by atoms with E-state index >= 15 is 0 Å². The number of amidine groups is 1. The fourth-order valence-electron chi connectivity index (χ4n) is 2.05. The zero-order chi connectivity index (χ0) is 14.2. The Hall–Kier alpha value is -2.05. The summed E-state index contributed by atoms with van der Waals surface area (Å²) in [6, 6.07) is -0.444. The average Bonchev–Trinajstić information content (AvgIpc) is 2.60. The van der Waals surface area contributed by atoms with Gasteiger partial charge in [-0.05, 0) is 12.5 Å². The molecule has 0 saturated heterocycles. The monoisotopic (exact) mass is 271 g/mol. The molecule has 0 radical (unpaired) electrons. The van der Waals surface area contributed by atoms with E-state index in [0.29, 0.717) is 25.1 Å². The fourth-order valence-corrected chi connectivity index (χ4v) is 2.05. The Balaban J connectivity index is 2.47. The highest BCUT2D eigenvalue weighted by Crippen LogP contribution is 2.30. The Morgan fingerprint density at radius 1 is 1.26 bits per heavy atom. The Morgan fingerprint density at radius 2 is 1.89 bits per heavy atom. The van der Waals surface area contributed by atoms with Gasteiger partial charge in [0.1, 0.15) is 17.7 Å². The number of halogens is 3. The Morgan fingerprint density at radius 3 is 2.53 bits per heavy atom. The highest BCUT2D eigenvalue weighted by atomic mass is 19.2. The van der Waals surface area contributed by atoms with Gasteiger partial charge in [-0.3, -0.25) is 0 Å². The maximum absolute atomic E-state index is 13.7. The number of urea groups is 1. The Bertz CT molecular complexity index is 559. The smallest absolute Gasteiger partial charge is 0.346 e. The van der Waals surface area contributed by atoms with Crippen molar-refractivity contribution in [3.8, 4) is 0 Å². The molecule has 102 valence electrons. The number of hydrogen-bond acceptors (Lipinski definition) is 2. The summed E-state index contributed by atoms with van der Waals surface area (Å²) >= 11 is 0. The maximum Gasteiger partial charge on any atom is 0.346 e. The van der Waals surface area contributed by atoms with Crippen LogP contribution in [0.1, 0.15) is 24.9 Å². The largest absolute Gasteiger partial charge is 0.385 e. The summed E-state index contributed by atoms with van der Waals surface area (Å²) in [5.41, 5.74) is 5.39. The minimum atomic E-state index is -1.29. The molecule has 1 atom stereocenters. The average molecular weight is 271 g/mol. The highest BCUT2D eigenvalue weighted by Gasteiger charge is 2.36. The number of amides is 2. The Kier molecular flexibility index (Phi) is 3.46. The van der Waals surface area contributed by atoms with Crippen molar-refractivity contribution in [2.75, 3.05) is 6.54 Å². The van der Waals surface area contributed by atoms with Crippen LogP contribution in [0.2, 0.25) is 0 Å². The van der Waals surface area contributed by atoms with Gasteiger partial charge in [-0.1, -0.05) is 6.92 Å². The van der Waals surface area contributed by atoms with Gasteiger partial charge in [-0.15, -0.1) is 0 Å². The molecule has 0 aromatic heterocycles. The van der Waals surface area contributed by atoms with Crippen LogP contribution in [0, 0.1) is 17.5 Å². The summed E-state index contributed by atoms with van der Waals surface area (Å²) in [6.45, 7) is 2.12. The fraction of sp³-hybridized carbons (Fsp3) is 0.333. The third-order valence-electron chi connectivity index (χ3n) is 2.86. The number of rotatable bonds is 3. The van der Waals surface area contributed by atoms with Crippen LogP contribution in [-0.2, 0) is 0 Å². The molecule has 0 aliphatic carbocycles. The lowest BCUT2D eigenvalue weighted by Crippen LogP contribution is -2.34. The van der Waals surface area contributed by atoms with Gasteiger partial charge in [0.15, 0.2) is 11.6 Å². The minimum Gasteiger partial charge on any atom is -0.385 e. The number of nitrogens with zero attached hydrogens (tertiary/aromatic N) is 2. The van der Waals surface area contributed by atoms with Crippen LogP contribution in [0.3, 0.4) is 0 Å². The molecule has 1 unspecified atom stereocenters. The van der Waals surface area contributed by atoms with Gasteiger partial charge in [-0.25, -0.2) is 18.0 Å². The molecule has 1 heterocycles. The summed E-state index contributed by atoms with van der Waals surface area (Å²) in [5.74, 6) is -3.57. The van der Waals surface area contributed by atoms with Crippen molar-refractivity contribution in [2.45, 2.75) is 19.4 Å². The van der Waals surface area contributed by atoms with Crippen molar-refractivity contribution >= 4 is 11.9 Å². The predicted molar refractivity (Wildman–Crippen MR) is 63.1 cm³/mol. The molecule has 0 fully saturated rings. The molecule has 1 aliphatic heterocycles. The van der Waals surface area contributed by atoms with E-state index in [-0.39, 0.29) is 11.4 Å². The number of aliphatic imine (C=N–C) groups is 1. The lowest BCUT2D eigenvalue weighted by molar-refractivity contribution is 0.205. The van der Waals surface area contributed by atoms with E-state index in [2.05, 4.69) is 4.99 Å². The van der Waals surface area contributed by atoms with Crippen molar-refractivity contribution in [1.82, 2.24) is 4.90 Å². The lowest BCUT2D eigenvalue weighted by atomic mass is 10.0. The second-order valence-corrected chi connectivity index (χ2v) is 4.20. The number of nitrogens with two attached hydrogens (primary N) is 1. The van der Waals surface area contributed by atoms with Gasteiger partial charge < -0.3 is 10.6 Å². The van der Waals surface area contributed by atoms with Crippen LogP contribution in [0.4, 0.5) is 18.0 Å². The first-order chi connectivity index (χ1) is 8.95. The predicted octanol–water partition coefficient (Wildman–Crippen LogP) is 2.35. The Labute approximate surface area is 107 Å². The van der Waals surface area contributed by atoms with E-state index in [1.165, 1.54) is 4.90 Å².